The minimum atomic E-state index is 0.808. The highest BCUT2D eigenvalue weighted by Gasteiger charge is 2.23. The molecule has 10 aromatic rings. The fourth-order valence-corrected chi connectivity index (χ4v) is 6.94. The lowest BCUT2D eigenvalue weighted by atomic mass is 10.1. The quantitative estimate of drug-likeness (QED) is 0.177. The normalized spacial score (nSPS) is 11.5. The van der Waals surface area contributed by atoms with E-state index < -0.39 is 0 Å². The molecule has 0 N–H and O–H groups in total. The van der Waals surface area contributed by atoms with Gasteiger partial charge in [0.25, 0.3) is 0 Å². The van der Waals surface area contributed by atoms with Gasteiger partial charge in [-0.15, -0.1) is 0 Å². The summed E-state index contributed by atoms with van der Waals surface area (Å²) >= 11 is 0. The van der Waals surface area contributed by atoms with Crippen LogP contribution in [0.4, 0.5) is 0 Å². The van der Waals surface area contributed by atoms with Gasteiger partial charge in [-0.2, -0.15) is 0 Å². The monoisotopic (exact) mass is 657 g/mol. The van der Waals surface area contributed by atoms with Crippen molar-refractivity contribution in [3.8, 4) is 50.4 Å². The molecule has 0 fully saturated rings. The Kier molecular flexibility index (Phi) is 6.60. The molecule has 0 aliphatic rings. The first-order chi connectivity index (χ1) is 25.3. The van der Waals surface area contributed by atoms with E-state index in [2.05, 4.69) is 120 Å². The van der Waals surface area contributed by atoms with Gasteiger partial charge in [0.2, 0.25) is 0 Å². The summed E-state index contributed by atoms with van der Waals surface area (Å²) in [5.41, 5.74) is 14.3. The minimum absolute atomic E-state index is 0.808. The van der Waals surface area contributed by atoms with Crippen molar-refractivity contribution in [2.45, 2.75) is 0 Å². The highest BCUT2D eigenvalue weighted by molar-refractivity contribution is 6.20. The molecule has 0 aliphatic carbocycles. The topological polar surface area (TPSA) is 92.1 Å². The zero-order valence-electron chi connectivity index (χ0n) is 27.1. The Labute approximate surface area is 291 Å². The molecule has 0 saturated heterocycles. The Morgan fingerprint density at radius 2 is 0.647 bits per heavy atom. The molecule has 0 radical (unpaired) electrons. The minimum Gasteiger partial charge on any atom is -0.297 e. The summed E-state index contributed by atoms with van der Waals surface area (Å²) in [5, 5.41) is 0. The molecule has 0 saturated carbocycles. The van der Waals surface area contributed by atoms with E-state index in [1.165, 1.54) is 0 Å². The molecular weight excluding hydrogens is 631 g/mol. The van der Waals surface area contributed by atoms with Gasteiger partial charge in [-0.05, 0) is 71.3 Å². The van der Waals surface area contributed by atoms with Crippen molar-refractivity contribution in [2.24, 2.45) is 0 Å². The van der Waals surface area contributed by atoms with Crippen LogP contribution >= 0.6 is 0 Å². The molecule has 10 rings (SSSR count). The second-order valence-corrected chi connectivity index (χ2v) is 12.3. The van der Waals surface area contributed by atoms with E-state index in [9.17, 15) is 0 Å². The van der Waals surface area contributed by atoms with Crippen LogP contribution in [-0.2, 0) is 0 Å². The van der Waals surface area contributed by atoms with E-state index in [1.54, 1.807) is 18.6 Å². The van der Waals surface area contributed by atoms with Crippen molar-refractivity contribution < 1.29 is 0 Å². The van der Waals surface area contributed by atoms with E-state index in [0.29, 0.717) is 0 Å². The standard InChI is InChI=1S/C42H27N9/c1-7-28(31-10-4-16-43-22-31)19-34(13-1)49-25-46-37-40(49)38-42(50(26-47-38)35-14-2-8-29(20-35)32-11-5-17-44-23-32)39-41(37)51(27-48-39)36-15-3-9-30(21-36)33-12-6-18-45-24-33/h1-27H. The van der Waals surface area contributed by atoms with Crippen LogP contribution in [0.1, 0.15) is 0 Å². The van der Waals surface area contributed by atoms with Crippen LogP contribution in [0.25, 0.3) is 83.5 Å². The van der Waals surface area contributed by atoms with Gasteiger partial charge in [0.1, 0.15) is 52.1 Å². The van der Waals surface area contributed by atoms with E-state index in [1.807, 2.05) is 55.8 Å². The van der Waals surface area contributed by atoms with Crippen molar-refractivity contribution in [2.75, 3.05) is 0 Å². The number of fused-ring (bicyclic) bond motifs is 6. The maximum absolute atomic E-state index is 5.07. The first-order valence-electron chi connectivity index (χ1n) is 16.6. The summed E-state index contributed by atoms with van der Waals surface area (Å²) in [5.74, 6) is 0. The molecule has 0 aliphatic heterocycles. The molecule has 9 nitrogen and oxygen atoms in total. The predicted molar refractivity (Wildman–Crippen MR) is 200 cm³/mol. The number of hydrogen-bond acceptors (Lipinski definition) is 6. The number of rotatable bonds is 6. The molecule has 0 amide bonds. The van der Waals surface area contributed by atoms with Gasteiger partial charge >= 0.3 is 0 Å². The van der Waals surface area contributed by atoms with Crippen molar-refractivity contribution in [1.82, 2.24) is 43.6 Å². The number of pyridine rings is 3. The molecule has 0 unspecified atom stereocenters. The molecule has 6 aromatic heterocycles. The Balaban J connectivity index is 1.24. The zero-order chi connectivity index (χ0) is 33.7. The maximum Gasteiger partial charge on any atom is 0.117 e. The SMILES string of the molecule is c1cncc(-c2cccc(-n3cnc4c3c3ncn(-c5cccc(-c6cccnc6)c5)c3c3ncn(-c5cccc(-c6cccnc6)c5)c43)c2)c1. The average Bonchev–Trinajstić information content (AvgIpc) is 3.96. The molecule has 4 aromatic carbocycles. The lowest BCUT2D eigenvalue weighted by Gasteiger charge is -2.11. The zero-order valence-corrected chi connectivity index (χ0v) is 27.1. The number of nitrogens with zero attached hydrogens (tertiary/aromatic N) is 9. The first-order valence-corrected chi connectivity index (χ1v) is 16.6. The number of imidazole rings is 3. The smallest absolute Gasteiger partial charge is 0.117 e. The number of benzene rings is 4. The third-order valence-electron chi connectivity index (χ3n) is 9.33. The molecule has 0 spiro atoms. The molecule has 0 bridgehead atoms. The number of aromatic nitrogens is 9. The third kappa shape index (κ3) is 4.79. The van der Waals surface area contributed by atoms with Crippen LogP contribution in [0.3, 0.4) is 0 Å². The Morgan fingerprint density at radius 1 is 0.333 bits per heavy atom. The summed E-state index contributed by atoms with van der Waals surface area (Å²) < 4.78 is 6.39. The van der Waals surface area contributed by atoms with Gasteiger partial charge in [0, 0.05) is 70.9 Å². The Bertz CT molecular complexity index is 2510. The second-order valence-electron chi connectivity index (χ2n) is 12.3. The fourth-order valence-electron chi connectivity index (χ4n) is 6.94. The number of hydrogen-bond donors (Lipinski definition) is 0. The van der Waals surface area contributed by atoms with Gasteiger partial charge in [-0.1, -0.05) is 54.6 Å². The van der Waals surface area contributed by atoms with Crippen molar-refractivity contribution in [1.29, 1.82) is 0 Å². The highest BCUT2D eigenvalue weighted by Crippen LogP contribution is 2.38. The first kappa shape index (κ1) is 28.7. The van der Waals surface area contributed by atoms with Crippen molar-refractivity contribution in [3.05, 3.63) is 165 Å². The largest absolute Gasteiger partial charge is 0.297 e. The highest BCUT2D eigenvalue weighted by atomic mass is 15.1. The Hall–Kier alpha value is -7.26. The van der Waals surface area contributed by atoms with Crippen LogP contribution < -0.4 is 0 Å². The van der Waals surface area contributed by atoms with Crippen LogP contribution in [0, 0.1) is 0 Å². The van der Waals surface area contributed by atoms with Crippen LogP contribution in [-0.4, -0.2) is 43.6 Å². The maximum atomic E-state index is 5.07. The van der Waals surface area contributed by atoms with Gasteiger partial charge in [0.15, 0.2) is 0 Å². The lowest BCUT2D eigenvalue weighted by molar-refractivity contribution is 1.09. The summed E-state index contributed by atoms with van der Waals surface area (Å²) in [6.07, 6.45) is 16.7. The molecular formula is C42H27N9. The van der Waals surface area contributed by atoms with Crippen LogP contribution in [0.5, 0.6) is 0 Å². The molecule has 6 heterocycles. The van der Waals surface area contributed by atoms with Gasteiger partial charge in [-0.3, -0.25) is 28.7 Å². The van der Waals surface area contributed by atoms with Gasteiger partial charge in [0.05, 0.1) is 0 Å². The molecule has 0 atom stereocenters. The summed E-state index contributed by atoms with van der Waals surface area (Å²) in [6, 6.07) is 37.3. The molecule has 240 valence electrons. The van der Waals surface area contributed by atoms with E-state index in [4.69, 9.17) is 15.0 Å². The second kappa shape index (κ2) is 11.7. The summed E-state index contributed by atoms with van der Waals surface area (Å²) in [7, 11) is 0. The van der Waals surface area contributed by atoms with E-state index in [0.717, 1.165) is 83.5 Å². The predicted octanol–water partition coefficient (Wildman–Crippen LogP) is 8.89. The third-order valence-corrected chi connectivity index (χ3v) is 9.33. The van der Waals surface area contributed by atoms with E-state index >= 15 is 0 Å². The summed E-state index contributed by atoms with van der Waals surface area (Å²) in [6.45, 7) is 0. The Morgan fingerprint density at radius 3 is 0.941 bits per heavy atom. The van der Waals surface area contributed by atoms with Crippen molar-refractivity contribution >= 4 is 33.1 Å². The average molecular weight is 658 g/mol. The molecule has 51 heavy (non-hydrogen) atoms. The van der Waals surface area contributed by atoms with Crippen LogP contribution in [0.15, 0.2) is 165 Å². The lowest BCUT2D eigenvalue weighted by Crippen LogP contribution is -1.98. The summed E-state index contributed by atoms with van der Waals surface area (Å²) in [4.78, 5) is 28.3. The molecule has 9 heteroatoms. The fraction of sp³-hybridized carbons (Fsp3) is 0. The van der Waals surface area contributed by atoms with Crippen LogP contribution in [0.2, 0.25) is 0 Å². The van der Waals surface area contributed by atoms with E-state index in [-0.39, 0.29) is 0 Å². The van der Waals surface area contributed by atoms with Gasteiger partial charge < -0.3 is 0 Å². The van der Waals surface area contributed by atoms with Gasteiger partial charge in [-0.25, -0.2) is 15.0 Å². The van der Waals surface area contributed by atoms with Crippen molar-refractivity contribution in [3.63, 3.8) is 0 Å².